The lowest BCUT2D eigenvalue weighted by molar-refractivity contribution is 0.517. The molecule has 0 spiro atoms. The molecule has 0 aromatic heterocycles. The van der Waals surface area contributed by atoms with Crippen molar-refractivity contribution in [2.45, 2.75) is 34.6 Å². The third kappa shape index (κ3) is 4.17. The molecule has 0 aliphatic rings. The van der Waals surface area contributed by atoms with Crippen LogP contribution in [0, 0.1) is 5.41 Å². The summed E-state index contributed by atoms with van der Waals surface area (Å²) in [5.74, 6) is 0. The Balaban J connectivity index is 4.67. The van der Waals surface area contributed by atoms with Crippen LogP contribution in [0.1, 0.15) is 34.6 Å². The van der Waals surface area contributed by atoms with Crippen LogP contribution in [-0.4, -0.2) is 0 Å². The minimum atomic E-state index is 0.242. The summed E-state index contributed by atoms with van der Waals surface area (Å²) in [7, 11) is 0. The molecule has 0 radical (unpaired) electrons. The van der Waals surface area contributed by atoms with Gasteiger partial charge in [0.25, 0.3) is 0 Å². The van der Waals surface area contributed by atoms with Crippen molar-refractivity contribution in [3.8, 4) is 0 Å². The van der Waals surface area contributed by atoms with E-state index in [2.05, 4.69) is 58.1 Å². The second-order valence-corrected chi connectivity index (χ2v) is 3.90. The van der Waals surface area contributed by atoms with Crippen molar-refractivity contribution < 1.29 is 0 Å². The maximum Gasteiger partial charge on any atom is -0.0132 e. The molecule has 0 aliphatic heterocycles. The second kappa shape index (κ2) is 4.97. The van der Waals surface area contributed by atoms with Crippen LogP contribution in [0.5, 0.6) is 0 Å². The van der Waals surface area contributed by atoms with Gasteiger partial charge in [0.2, 0.25) is 0 Å². The Bertz CT molecular complexity index is 197. The first kappa shape index (κ1) is 11.2. The fraction of sp³-hybridized carbons (Fsp3) is 0.500. The number of allylic oxidation sites excluding steroid dienone is 6. The summed E-state index contributed by atoms with van der Waals surface area (Å²) in [6.45, 7) is 10.8. The number of hydrogen-bond acceptors (Lipinski definition) is 0. The van der Waals surface area contributed by atoms with Gasteiger partial charge in [0, 0.05) is 0 Å². The van der Waals surface area contributed by atoms with Crippen LogP contribution in [0.2, 0.25) is 0 Å². The Morgan fingerprint density at radius 1 is 1.00 bits per heavy atom. The Kier molecular flexibility index (Phi) is 4.65. The van der Waals surface area contributed by atoms with E-state index in [1.165, 1.54) is 5.57 Å². The molecular formula is C12H20. The zero-order chi connectivity index (χ0) is 9.61. The summed E-state index contributed by atoms with van der Waals surface area (Å²) in [6.07, 6.45) is 10.6. The Labute approximate surface area is 76.7 Å². The normalized spacial score (nSPS) is 14.9. The first-order chi connectivity index (χ1) is 5.52. The molecule has 0 amide bonds. The van der Waals surface area contributed by atoms with Crippen molar-refractivity contribution in [2.75, 3.05) is 0 Å². The largest absolute Gasteiger partial charge is 0.0877 e. The average Bonchev–Trinajstić information content (AvgIpc) is 1.95. The molecule has 0 aliphatic carbocycles. The second-order valence-electron chi connectivity index (χ2n) is 3.90. The fourth-order valence-electron chi connectivity index (χ4n) is 0.935. The summed E-state index contributed by atoms with van der Waals surface area (Å²) < 4.78 is 0. The summed E-state index contributed by atoms with van der Waals surface area (Å²) in [6, 6.07) is 0. The van der Waals surface area contributed by atoms with Gasteiger partial charge >= 0.3 is 0 Å². The van der Waals surface area contributed by atoms with E-state index in [-0.39, 0.29) is 5.41 Å². The molecule has 0 unspecified atom stereocenters. The quantitative estimate of drug-likeness (QED) is 0.539. The lowest BCUT2D eigenvalue weighted by Crippen LogP contribution is -2.06. The molecule has 68 valence electrons. The Hall–Kier alpha value is -0.780. The first-order valence-electron chi connectivity index (χ1n) is 4.48. The van der Waals surface area contributed by atoms with Crippen LogP contribution >= 0.6 is 0 Å². The molecule has 0 aromatic carbocycles. The molecule has 0 aromatic rings. The van der Waals surface area contributed by atoms with Gasteiger partial charge in [0.1, 0.15) is 0 Å². The smallest absolute Gasteiger partial charge is 0.0132 e. The van der Waals surface area contributed by atoms with E-state index in [9.17, 15) is 0 Å². The highest BCUT2D eigenvalue weighted by atomic mass is 14.2. The first-order valence-corrected chi connectivity index (χ1v) is 4.48. The topological polar surface area (TPSA) is 0 Å². The van der Waals surface area contributed by atoms with E-state index in [1.807, 2.05) is 6.92 Å². The third-order valence-electron chi connectivity index (χ3n) is 1.68. The lowest BCUT2D eigenvalue weighted by Gasteiger charge is -2.19. The lowest BCUT2D eigenvalue weighted by atomic mass is 9.86. The van der Waals surface area contributed by atoms with Crippen molar-refractivity contribution in [3.05, 3.63) is 36.0 Å². The molecule has 0 nitrogen and oxygen atoms in total. The van der Waals surface area contributed by atoms with E-state index >= 15 is 0 Å². The molecule has 12 heavy (non-hydrogen) atoms. The molecule has 0 bridgehead atoms. The highest BCUT2D eigenvalue weighted by Gasteiger charge is 2.12. The predicted octanol–water partition coefficient (Wildman–Crippen LogP) is 4.11. The van der Waals surface area contributed by atoms with E-state index in [4.69, 9.17) is 0 Å². The van der Waals surface area contributed by atoms with Crippen LogP contribution in [0.25, 0.3) is 0 Å². The van der Waals surface area contributed by atoms with E-state index in [0.29, 0.717) is 0 Å². The van der Waals surface area contributed by atoms with Gasteiger partial charge < -0.3 is 0 Å². The maximum atomic E-state index is 2.22. The van der Waals surface area contributed by atoms with Crippen molar-refractivity contribution in [3.63, 3.8) is 0 Å². The summed E-state index contributed by atoms with van der Waals surface area (Å²) in [5.41, 5.74) is 1.61. The standard InChI is InChI=1S/C12H20/c1-6-8-10-11(9-7-2)12(3,4)5/h6-10H,1-5H3/b8-6+,9-7-,11-10+. The van der Waals surface area contributed by atoms with Gasteiger partial charge in [0.05, 0.1) is 0 Å². The highest BCUT2D eigenvalue weighted by Crippen LogP contribution is 2.26. The van der Waals surface area contributed by atoms with Crippen LogP contribution < -0.4 is 0 Å². The van der Waals surface area contributed by atoms with E-state index < -0.39 is 0 Å². The monoisotopic (exact) mass is 164 g/mol. The van der Waals surface area contributed by atoms with Gasteiger partial charge in [-0.3, -0.25) is 0 Å². The summed E-state index contributed by atoms with van der Waals surface area (Å²) in [4.78, 5) is 0. The average molecular weight is 164 g/mol. The minimum absolute atomic E-state index is 0.242. The molecule has 0 heterocycles. The molecule has 0 heteroatoms. The van der Waals surface area contributed by atoms with Crippen LogP contribution in [0.15, 0.2) is 36.0 Å². The molecular weight excluding hydrogens is 144 g/mol. The molecule has 0 atom stereocenters. The molecule has 0 rings (SSSR count). The van der Waals surface area contributed by atoms with Crippen LogP contribution in [0.4, 0.5) is 0 Å². The Morgan fingerprint density at radius 2 is 1.58 bits per heavy atom. The number of hydrogen-bond donors (Lipinski definition) is 0. The van der Waals surface area contributed by atoms with Crippen molar-refractivity contribution in [1.82, 2.24) is 0 Å². The predicted molar refractivity (Wildman–Crippen MR) is 57.2 cm³/mol. The van der Waals surface area contributed by atoms with Crippen LogP contribution in [0.3, 0.4) is 0 Å². The Morgan fingerprint density at radius 3 is 1.92 bits per heavy atom. The molecule has 0 saturated heterocycles. The number of rotatable bonds is 2. The van der Waals surface area contributed by atoms with Gasteiger partial charge in [-0.1, -0.05) is 51.2 Å². The fourth-order valence-corrected chi connectivity index (χ4v) is 0.935. The third-order valence-corrected chi connectivity index (χ3v) is 1.68. The van der Waals surface area contributed by atoms with Crippen LogP contribution in [-0.2, 0) is 0 Å². The van der Waals surface area contributed by atoms with Crippen molar-refractivity contribution >= 4 is 0 Å². The molecule has 0 N–H and O–H groups in total. The summed E-state index contributed by atoms with van der Waals surface area (Å²) >= 11 is 0. The van der Waals surface area contributed by atoms with Crippen molar-refractivity contribution in [1.29, 1.82) is 0 Å². The zero-order valence-electron chi connectivity index (χ0n) is 8.89. The minimum Gasteiger partial charge on any atom is -0.0877 e. The van der Waals surface area contributed by atoms with Gasteiger partial charge in [-0.2, -0.15) is 0 Å². The molecule has 0 saturated carbocycles. The summed E-state index contributed by atoms with van der Waals surface area (Å²) in [5, 5.41) is 0. The van der Waals surface area contributed by atoms with E-state index in [1.54, 1.807) is 0 Å². The SMILES string of the molecule is C\C=C/C(=C\C=C\C)C(C)(C)C. The van der Waals surface area contributed by atoms with Gasteiger partial charge in [-0.05, 0) is 24.8 Å². The van der Waals surface area contributed by atoms with Gasteiger partial charge in [0.15, 0.2) is 0 Å². The van der Waals surface area contributed by atoms with Crippen molar-refractivity contribution in [2.24, 2.45) is 5.41 Å². The highest BCUT2D eigenvalue weighted by molar-refractivity contribution is 5.28. The van der Waals surface area contributed by atoms with Gasteiger partial charge in [-0.15, -0.1) is 0 Å². The maximum absolute atomic E-state index is 2.22. The molecule has 0 fully saturated rings. The van der Waals surface area contributed by atoms with E-state index in [0.717, 1.165) is 0 Å². The zero-order valence-corrected chi connectivity index (χ0v) is 8.89. The van der Waals surface area contributed by atoms with Gasteiger partial charge in [-0.25, -0.2) is 0 Å².